The minimum absolute atomic E-state index is 0.0523. The average molecular weight is 266 g/mol. The molecule has 0 N–H and O–H groups in total. The topological polar surface area (TPSA) is 43.4 Å². The number of hydrogen-bond acceptors (Lipinski definition) is 3. The Balaban J connectivity index is 2.05. The van der Waals surface area contributed by atoms with E-state index in [1.165, 1.54) is 0 Å². The highest BCUT2D eigenvalue weighted by molar-refractivity contribution is 6.09. The molecule has 0 bridgehead atoms. The molecule has 0 saturated heterocycles. The maximum absolute atomic E-state index is 12.4. The van der Waals surface area contributed by atoms with Gasteiger partial charge in [0.05, 0.1) is 5.41 Å². The van der Waals surface area contributed by atoms with E-state index in [-0.39, 0.29) is 11.8 Å². The van der Waals surface area contributed by atoms with Gasteiger partial charge in [0.2, 0.25) is 0 Å². The summed E-state index contributed by atoms with van der Waals surface area (Å²) in [5, 5.41) is 0. The molecule has 1 heterocycles. The summed E-state index contributed by atoms with van der Waals surface area (Å²) >= 11 is 0. The highest BCUT2D eigenvalue weighted by Gasteiger charge is 2.41. The van der Waals surface area contributed by atoms with Crippen LogP contribution in [0.1, 0.15) is 35.3 Å². The van der Waals surface area contributed by atoms with Crippen LogP contribution in [0.4, 0.5) is 0 Å². The minimum Gasteiger partial charge on any atom is -0.426 e. The van der Waals surface area contributed by atoms with E-state index in [0.717, 1.165) is 5.56 Å². The van der Waals surface area contributed by atoms with Crippen LogP contribution < -0.4 is 4.74 Å². The van der Waals surface area contributed by atoms with Gasteiger partial charge in [-0.05, 0) is 32.0 Å². The predicted octanol–water partition coefficient (Wildman–Crippen LogP) is 3.11. The van der Waals surface area contributed by atoms with Gasteiger partial charge < -0.3 is 4.74 Å². The Kier molecular flexibility index (Phi) is 2.71. The Morgan fingerprint density at radius 2 is 1.70 bits per heavy atom. The number of carbonyl (C=O) groups is 2. The van der Waals surface area contributed by atoms with Crippen LogP contribution in [0.2, 0.25) is 0 Å². The lowest BCUT2D eigenvalue weighted by Crippen LogP contribution is -2.26. The molecule has 0 atom stereocenters. The third-order valence-corrected chi connectivity index (χ3v) is 3.66. The van der Waals surface area contributed by atoms with Gasteiger partial charge in [-0.15, -0.1) is 0 Å². The van der Waals surface area contributed by atoms with Crippen LogP contribution in [0.25, 0.3) is 0 Å². The monoisotopic (exact) mass is 266 g/mol. The molecular weight excluding hydrogens is 252 g/mol. The standard InChI is InChI=1S/C17H14O3/c1-17(2)13-10-12(8-9-14(13)20-16(17)19)15(18)11-6-4-3-5-7-11/h3-10H,1-2H3. The van der Waals surface area contributed by atoms with Crippen molar-refractivity contribution >= 4 is 11.8 Å². The largest absolute Gasteiger partial charge is 0.426 e. The molecule has 1 aliphatic rings. The van der Waals surface area contributed by atoms with Crippen LogP contribution in [-0.2, 0) is 10.2 Å². The number of esters is 1. The number of hydrogen-bond donors (Lipinski definition) is 0. The molecule has 20 heavy (non-hydrogen) atoms. The molecule has 2 aromatic carbocycles. The number of rotatable bonds is 2. The van der Waals surface area contributed by atoms with Crippen molar-refractivity contribution in [2.75, 3.05) is 0 Å². The smallest absolute Gasteiger partial charge is 0.321 e. The zero-order chi connectivity index (χ0) is 14.3. The molecule has 0 spiro atoms. The highest BCUT2D eigenvalue weighted by Crippen LogP contribution is 2.39. The number of fused-ring (bicyclic) bond motifs is 1. The Hall–Kier alpha value is -2.42. The SMILES string of the molecule is CC1(C)C(=O)Oc2ccc(C(=O)c3ccccc3)cc21. The first-order valence-corrected chi connectivity index (χ1v) is 6.47. The second kappa shape index (κ2) is 4.30. The van der Waals surface area contributed by atoms with Gasteiger partial charge >= 0.3 is 5.97 Å². The first kappa shape index (κ1) is 12.6. The van der Waals surface area contributed by atoms with E-state index >= 15 is 0 Å². The van der Waals surface area contributed by atoms with Crippen molar-refractivity contribution in [3.8, 4) is 5.75 Å². The zero-order valence-electron chi connectivity index (χ0n) is 11.3. The van der Waals surface area contributed by atoms with Crippen LogP contribution >= 0.6 is 0 Å². The first-order chi connectivity index (χ1) is 9.50. The molecule has 3 nitrogen and oxygen atoms in total. The Labute approximate surface area is 117 Å². The minimum atomic E-state index is -0.706. The molecule has 100 valence electrons. The molecule has 0 saturated carbocycles. The maximum Gasteiger partial charge on any atom is 0.321 e. The van der Waals surface area contributed by atoms with Gasteiger partial charge in [-0.2, -0.15) is 0 Å². The summed E-state index contributed by atoms with van der Waals surface area (Å²) in [5.41, 5.74) is 1.27. The molecule has 0 radical (unpaired) electrons. The van der Waals surface area contributed by atoms with Crippen molar-refractivity contribution in [2.24, 2.45) is 0 Å². The van der Waals surface area contributed by atoms with Crippen molar-refractivity contribution in [1.82, 2.24) is 0 Å². The molecule has 2 aromatic rings. The van der Waals surface area contributed by atoms with Gasteiger partial charge in [0.25, 0.3) is 0 Å². The molecule has 0 aromatic heterocycles. The van der Waals surface area contributed by atoms with Crippen LogP contribution in [0.3, 0.4) is 0 Å². The van der Waals surface area contributed by atoms with Crippen LogP contribution in [0, 0.1) is 0 Å². The summed E-state index contributed by atoms with van der Waals surface area (Å²) in [6.07, 6.45) is 0. The first-order valence-electron chi connectivity index (χ1n) is 6.47. The van der Waals surface area contributed by atoms with Gasteiger partial charge in [0, 0.05) is 16.7 Å². The lowest BCUT2D eigenvalue weighted by Gasteiger charge is -2.13. The van der Waals surface area contributed by atoms with Crippen LogP contribution in [0.5, 0.6) is 5.75 Å². The van der Waals surface area contributed by atoms with E-state index in [1.54, 1.807) is 44.2 Å². The van der Waals surface area contributed by atoms with E-state index in [1.807, 2.05) is 18.2 Å². The normalized spacial score (nSPS) is 15.6. The van der Waals surface area contributed by atoms with Gasteiger partial charge in [0.15, 0.2) is 5.78 Å². The number of ether oxygens (including phenoxy) is 1. The lowest BCUT2D eigenvalue weighted by molar-refractivity contribution is -0.137. The van der Waals surface area contributed by atoms with E-state index < -0.39 is 5.41 Å². The zero-order valence-corrected chi connectivity index (χ0v) is 11.3. The van der Waals surface area contributed by atoms with Gasteiger partial charge in [-0.3, -0.25) is 9.59 Å². The molecule has 0 amide bonds. The Bertz CT molecular complexity index is 699. The van der Waals surface area contributed by atoms with Crippen molar-refractivity contribution in [3.63, 3.8) is 0 Å². The van der Waals surface area contributed by atoms with Gasteiger partial charge in [0.1, 0.15) is 5.75 Å². The summed E-state index contributed by atoms with van der Waals surface area (Å²) in [5.74, 6) is 0.213. The lowest BCUT2D eigenvalue weighted by atomic mass is 9.85. The fraction of sp³-hybridized carbons (Fsp3) is 0.176. The summed E-state index contributed by atoms with van der Waals surface area (Å²) in [6, 6.07) is 14.2. The van der Waals surface area contributed by atoms with Crippen molar-refractivity contribution in [3.05, 3.63) is 65.2 Å². The van der Waals surface area contributed by atoms with E-state index in [0.29, 0.717) is 16.9 Å². The molecule has 1 aliphatic heterocycles. The summed E-state index contributed by atoms with van der Waals surface area (Å²) in [7, 11) is 0. The summed E-state index contributed by atoms with van der Waals surface area (Å²) < 4.78 is 5.21. The third kappa shape index (κ3) is 1.83. The van der Waals surface area contributed by atoms with E-state index in [4.69, 9.17) is 4.74 Å². The predicted molar refractivity (Wildman–Crippen MR) is 75.0 cm³/mol. The average Bonchev–Trinajstić information content (AvgIpc) is 2.69. The van der Waals surface area contributed by atoms with Crippen molar-refractivity contribution in [2.45, 2.75) is 19.3 Å². The summed E-state index contributed by atoms with van der Waals surface area (Å²) in [4.78, 5) is 24.2. The number of benzene rings is 2. The number of carbonyl (C=O) groups excluding carboxylic acids is 2. The second-order valence-corrected chi connectivity index (χ2v) is 5.42. The van der Waals surface area contributed by atoms with E-state index in [9.17, 15) is 9.59 Å². The highest BCUT2D eigenvalue weighted by atomic mass is 16.5. The molecule has 0 unspecified atom stereocenters. The van der Waals surface area contributed by atoms with Crippen molar-refractivity contribution in [1.29, 1.82) is 0 Å². The maximum atomic E-state index is 12.4. The molecule has 0 aliphatic carbocycles. The van der Waals surface area contributed by atoms with Crippen molar-refractivity contribution < 1.29 is 14.3 Å². The van der Waals surface area contributed by atoms with Gasteiger partial charge in [-0.1, -0.05) is 30.3 Å². The summed E-state index contributed by atoms with van der Waals surface area (Å²) in [6.45, 7) is 3.61. The second-order valence-electron chi connectivity index (χ2n) is 5.42. The molecular formula is C17H14O3. The number of ketones is 1. The van der Waals surface area contributed by atoms with Crippen LogP contribution in [0.15, 0.2) is 48.5 Å². The molecule has 3 rings (SSSR count). The quantitative estimate of drug-likeness (QED) is 0.476. The van der Waals surface area contributed by atoms with Crippen LogP contribution in [-0.4, -0.2) is 11.8 Å². The Morgan fingerprint density at radius 3 is 2.40 bits per heavy atom. The molecule has 3 heteroatoms. The fourth-order valence-electron chi connectivity index (χ4n) is 2.34. The molecule has 0 fully saturated rings. The van der Waals surface area contributed by atoms with E-state index in [2.05, 4.69) is 0 Å². The van der Waals surface area contributed by atoms with Gasteiger partial charge in [-0.25, -0.2) is 0 Å². The fourth-order valence-corrected chi connectivity index (χ4v) is 2.34. The Morgan fingerprint density at radius 1 is 1.00 bits per heavy atom. The third-order valence-electron chi connectivity index (χ3n) is 3.66.